The lowest BCUT2D eigenvalue weighted by Gasteiger charge is -2.19. The van der Waals surface area contributed by atoms with Gasteiger partial charge in [-0.1, -0.05) is 0 Å². The second-order valence-corrected chi connectivity index (χ2v) is 4.35. The van der Waals surface area contributed by atoms with Crippen LogP contribution in [-0.4, -0.2) is 42.8 Å². The van der Waals surface area contributed by atoms with Crippen molar-refractivity contribution in [1.82, 2.24) is 9.88 Å². The van der Waals surface area contributed by atoms with E-state index in [0.29, 0.717) is 12.6 Å². The summed E-state index contributed by atoms with van der Waals surface area (Å²) in [7, 11) is 2.02. The van der Waals surface area contributed by atoms with Crippen LogP contribution in [0.3, 0.4) is 0 Å². The molecule has 18 heavy (non-hydrogen) atoms. The first-order valence-electron chi connectivity index (χ1n) is 5.58. The lowest BCUT2D eigenvalue weighted by molar-refractivity contribution is 0.198. The Morgan fingerprint density at radius 1 is 1.50 bits per heavy atom. The Bertz CT molecular complexity index is 329. The molecule has 1 aromatic rings. The number of likely N-dealkylation sites (N-methyl/N-ethyl adjacent to an activating group) is 1. The molecular formula is C12H19Cl2FN2O. The second-order valence-electron chi connectivity index (χ2n) is 4.35. The Balaban J connectivity index is 0.00000144. The third-order valence-corrected chi connectivity index (χ3v) is 3.07. The van der Waals surface area contributed by atoms with E-state index in [4.69, 9.17) is 4.74 Å². The van der Waals surface area contributed by atoms with E-state index in [1.54, 1.807) is 12.4 Å². The highest BCUT2D eigenvalue weighted by atomic mass is 35.5. The van der Waals surface area contributed by atoms with Crippen LogP contribution in [0.15, 0.2) is 24.5 Å². The molecule has 1 unspecified atom stereocenters. The molecular weight excluding hydrogens is 278 g/mol. The summed E-state index contributed by atoms with van der Waals surface area (Å²) < 4.78 is 18.2. The summed E-state index contributed by atoms with van der Waals surface area (Å²) in [6.07, 6.45) is 4.29. The van der Waals surface area contributed by atoms with Crippen molar-refractivity contribution in [1.29, 1.82) is 0 Å². The zero-order valence-electron chi connectivity index (χ0n) is 10.3. The van der Waals surface area contributed by atoms with Crippen molar-refractivity contribution in [3.63, 3.8) is 0 Å². The maximum atomic E-state index is 12.5. The Labute approximate surface area is 120 Å². The maximum Gasteiger partial charge on any atom is 0.137 e. The Morgan fingerprint density at radius 3 is 2.83 bits per heavy atom. The van der Waals surface area contributed by atoms with Crippen LogP contribution in [0.25, 0.3) is 0 Å². The van der Waals surface area contributed by atoms with Crippen molar-refractivity contribution >= 4 is 24.8 Å². The molecule has 104 valence electrons. The summed E-state index contributed by atoms with van der Waals surface area (Å²) in [5.74, 6) is 0.951. The molecule has 0 saturated carbocycles. The van der Waals surface area contributed by atoms with Crippen molar-refractivity contribution < 1.29 is 9.13 Å². The van der Waals surface area contributed by atoms with Gasteiger partial charge in [-0.15, -0.1) is 24.8 Å². The largest absolute Gasteiger partial charge is 0.490 e. The molecule has 1 aromatic heterocycles. The molecule has 1 fully saturated rings. The van der Waals surface area contributed by atoms with Gasteiger partial charge in [0.2, 0.25) is 0 Å². The quantitative estimate of drug-likeness (QED) is 0.854. The first-order valence-corrected chi connectivity index (χ1v) is 5.58. The Morgan fingerprint density at radius 2 is 2.28 bits per heavy atom. The fourth-order valence-electron chi connectivity index (χ4n) is 2.13. The van der Waals surface area contributed by atoms with Gasteiger partial charge in [-0.25, -0.2) is 0 Å². The van der Waals surface area contributed by atoms with Crippen molar-refractivity contribution in [3.05, 3.63) is 24.5 Å². The average molecular weight is 297 g/mol. The number of rotatable bonds is 4. The molecule has 0 bridgehead atoms. The predicted molar refractivity (Wildman–Crippen MR) is 74.7 cm³/mol. The monoisotopic (exact) mass is 296 g/mol. The summed E-state index contributed by atoms with van der Waals surface area (Å²) >= 11 is 0. The maximum absolute atomic E-state index is 12.5. The Kier molecular flexibility index (Phi) is 8.24. The van der Waals surface area contributed by atoms with E-state index in [-0.39, 0.29) is 37.4 Å². The van der Waals surface area contributed by atoms with Gasteiger partial charge in [-0.05, 0) is 25.6 Å². The number of pyridine rings is 1. The molecule has 0 N–H and O–H groups in total. The highest BCUT2D eigenvalue weighted by Crippen LogP contribution is 2.22. The van der Waals surface area contributed by atoms with Crippen molar-refractivity contribution in [2.45, 2.75) is 12.5 Å². The first kappa shape index (κ1) is 17.4. The summed E-state index contributed by atoms with van der Waals surface area (Å²) in [6.45, 7) is 1.21. The van der Waals surface area contributed by atoms with Gasteiger partial charge in [0.05, 0.1) is 12.9 Å². The summed E-state index contributed by atoms with van der Waals surface area (Å²) in [5, 5.41) is 0. The standard InChI is InChI=1S/C12H17FN2O.2ClH/c1-15-8-10(6-13)5-11(15)9-16-12-3-2-4-14-7-12;;/h2-4,7,10-11H,5-6,8-9H2,1H3;2*1H/t10-,11?;;/m1../s1. The Hall–Kier alpha value is -0.580. The van der Waals surface area contributed by atoms with Crippen LogP contribution >= 0.6 is 24.8 Å². The van der Waals surface area contributed by atoms with Crippen LogP contribution in [0.4, 0.5) is 4.39 Å². The lowest BCUT2D eigenvalue weighted by atomic mass is 10.1. The van der Waals surface area contributed by atoms with Gasteiger partial charge >= 0.3 is 0 Å². The minimum absolute atomic E-state index is 0. The zero-order chi connectivity index (χ0) is 11.4. The van der Waals surface area contributed by atoms with Gasteiger partial charge in [-0.2, -0.15) is 0 Å². The van der Waals surface area contributed by atoms with Crippen LogP contribution in [0.2, 0.25) is 0 Å². The molecule has 1 aliphatic rings. The van der Waals surface area contributed by atoms with E-state index in [1.807, 2.05) is 19.2 Å². The van der Waals surface area contributed by atoms with Crippen LogP contribution in [0, 0.1) is 5.92 Å². The number of hydrogen-bond donors (Lipinski definition) is 0. The first-order chi connectivity index (χ1) is 7.79. The third kappa shape index (κ3) is 4.59. The number of likely N-dealkylation sites (tertiary alicyclic amines) is 1. The normalized spacial score (nSPS) is 23.0. The van der Waals surface area contributed by atoms with Crippen molar-refractivity contribution in [2.24, 2.45) is 5.92 Å². The predicted octanol–water partition coefficient (Wildman–Crippen LogP) is 2.59. The number of nitrogens with zero attached hydrogens (tertiary/aromatic N) is 2. The molecule has 0 spiro atoms. The number of alkyl halides is 1. The molecule has 2 atom stereocenters. The summed E-state index contributed by atoms with van der Waals surface area (Å²) in [4.78, 5) is 6.15. The van der Waals surface area contributed by atoms with E-state index in [1.165, 1.54) is 0 Å². The molecule has 0 radical (unpaired) electrons. The fourth-order valence-corrected chi connectivity index (χ4v) is 2.13. The molecule has 0 aliphatic carbocycles. The second kappa shape index (κ2) is 8.51. The van der Waals surface area contributed by atoms with Gasteiger partial charge < -0.3 is 4.74 Å². The number of hydrogen-bond acceptors (Lipinski definition) is 3. The SMILES string of the molecule is CN1C[C@@H](CF)CC1COc1cccnc1.Cl.Cl. The summed E-state index contributed by atoms with van der Waals surface area (Å²) in [6, 6.07) is 4.05. The molecule has 3 nitrogen and oxygen atoms in total. The lowest BCUT2D eigenvalue weighted by Crippen LogP contribution is -2.30. The van der Waals surface area contributed by atoms with E-state index >= 15 is 0 Å². The molecule has 1 saturated heterocycles. The van der Waals surface area contributed by atoms with E-state index in [2.05, 4.69) is 9.88 Å². The van der Waals surface area contributed by atoms with E-state index in [9.17, 15) is 4.39 Å². The van der Waals surface area contributed by atoms with Crippen LogP contribution in [0.5, 0.6) is 5.75 Å². The van der Waals surface area contributed by atoms with Gasteiger partial charge in [0.15, 0.2) is 0 Å². The van der Waals surface area contributed by atoms with Gasteiger partial charge in [0, 0.05) is 24.7 Å². The van der Waals surface area contributed by atoms with Crippen LogP contribution < -0.4 is 4.74 Å². The molecule has 2 rings (SSSR count). The number of ether oxygens (including phenoxy) is 1. The van der Waals surface area contributed by atoms with Crippen molar-refractivity contribution in [2.75, 3.05) is 26.9 Å². The number of aromatic nitrogens is 1. The van der Waals surface area contributed by atoms with E-state index in [0.717, 1.165) is 18.7 Å². The van der Waals surface area contributed by atoms with Crippen molar-refractivity contribution in [3.8, 4) is 5.75 Å². The third-order valence-electron chi connectivity index (χ3n) is 3.07. The molecule has 0 amide bonds. The molecule has 2 heterocycles. The average Bonchev–Trinajstić information content (AvgIpc) is 2.69. The van der Waals surface area contributed by atoms with Crippen LogP contribution in [0.1, 0.15) is 6.42 Å². The highest BCUT2D eigenvalue weighted by Gasteiger charge is 2.29. The summed E-state index contributed by atoms with van der Waals surface area (Å²) in [5.41, 5.74) is 0. The van der Waals surface area contributed by atoms with E-state index < -0.39 is 0 Å². The molecule has 6 heteroatoms. The number of halogens is 3. The minimum atomic E-state index is -0.228. The highest BCUT2D eigenvalue weighted by molar-refractivity contribution is 5.85. The minimum Gasteiger partial charge on any atom is -0.490 e. The fraction of sp³-hybridized carbons (Fsp3) is 0.583. The van der Waals surface area contributed by atoms with Gasteiger partial charge in [0.25, 0.3) is 0 Å². The zero-order valence-corrected chi connectivity index (χ0v) is 11.9. The van der Waals surface area contributed by atoms with Gasteiger partial charge in [-0.3, -0.25) is 14.3 Å². The molecule has 0 aromatic carbocycles. The topological polar surface area (TPSA) is 25.4 Å². The van der Waals surface area contributed by atoms with Crippen LogP contribution in [-0.2, 0) is 0 Å². The smallest absolute Gasteiger partial charge is 0.137 e. The molecule has 1 aliphatic heterocycles. The van der Waals surface area contributed by atoms with Gasteiger partial charge in [0.1, 0.15) is 12.4 Å².